The van der Waals surface area contributed by atoms with Crippen molar-refractivity contribution in [3.63, 3.8) is 0 Å². The van der Waals surface area contributed by atoms with E-state index in [1.54, 1.807) is 0 Å². The number of unbranched alkanes of at least 4 members (excludes halogenated alkanes) is 38. The fraction of sp³-hybridized carbons (Fsp3) is 0.881. The number of allylic oxidation sites excluding steroid dienone is 4. The highest BCUT2D eigenvalue weighted by molar-refractivity contribution is 5.71. The summed E-state index contributed by atoms with van der Waals surface area (Å²) in [6, 6.07) is 0. The molecule has 0 heterocycles. The minimum atomic E-state index is -0.773. The van der Waals surface area contributed by atoms with E-state index in [1.807, 2.05) is 0 Å². The van der Waals surface area contributed by atoms with Gasteiger partial charge in [0.1, 0.15) is 13.2 Å². The Hall–Kier alpha value is -2.11. The van der Waals surface area contributed by atoms with Gasteiger partial charge in [0.05, 0.1) is 0 Å². The molecule has 6 heteroatoms. The first kappa shape index (κ1) is 62.9. The highest BCUT2D eigenvalue weighted by Crippen LogP contribution is 2.17. The Morgan fingerprint density at radius 1 is 0.292 bits per heavy atom. The molecule has 382 valence electrons. The van der Waals surface area contributed by atoms with Gasteiger partial charge < -0.3 is 14.2 Å². The Bertz CT molecular complexity index is 1050. The number of carbonyl (C=O) groups is 3. The predicted octanol–water partition coefficient (Wildman–Crippen LogP) is 19.1. The zero-order chi connectivity index (χ0) is 47.2. The summed E-state index contributed by atoms with van der Waals surface area (Å²) >= 11 is 0. The third kappa shape index (κ3) is 52.7. The molecule has 0 bridgehead atoms. The van der Waals surface area contributed by atoms with Crippen molar-refractivity contribution in [3.05, 3.63) is 24.3 Å². The van der Waals surface area contributed by atoms with E-state index in [0.29, 0.717) is 19.3 Å². The van der Waals surface area contributed by atoms with Gasteiger partial charge in [0.2, 0.25) is 0 Å². The summed E-state index contributed by atoms with van der Waals surface area (Å²) in [6.07, 6.45) is 63.2. The Morgan fingerprint density at radius 2 is 0.523 bits per heavy atom. The average Bonchev–Trinajstić information content (AvgIpc) is 3.30. The van der Waals surface area contributed by atoms with E-state index in [9.17, 15) is 14.4 Å². The third-order valence-corrected chi connectivity index (χ3v) is 12.9. The predicted molar refractivity (Wildman–Crippen MR) is 279 cm³/mol. The fourth-order valence-electron chi connectivity index (χ4n) is 8.54. The van der Waals surface area contributed by atoms with Crippen molar-refractivity contribution in [2.45, 2.75) is 322 Å². The zero-order valence-corrected chi connectivity index (χ0v) is 43.8. The van der Waals surface area contributed by atoms with Crippen molar-refractivity contribution in [3.8, 4) is 0 Å². The molecule has 0 fully saturated rings. The van der Waals surface area contributed by atoms with E-state index >= 15 is 0 Å². The lowest BCUT2D eigenvalue weighted by molar-refractivity contribution is -0.167. The summed E-state index contributed by atoms with van der Waals surface area (Å²) in [5.74, 6) is -0.868. The summed E-state index contributed by atoms with van der Waals surface area (Å²) in [5.41, 5.74) is 0. The molecular weight excluding hydrogens is 805 g/mol. The Kier molecular flexibility index (Phi) is 52.7. The summed E-state index contributed by atoms with van der Waals surface area (Å²) in [7, 11) is 0. The smallest absolute Gasteiger partial charge is 0.306 e. The third-order valence-electron chi connectivity index (χ3n) is 12.9. The van der Waals surface area contributed by atoms with Crippen LogP contribution in [0.3, 0.4) is 0 Å². The van der Waals surface area contributed by atoms with Crippen LogP contribution in [0.1, 0.15) is 316 Å². The molecule has 0 aliphatic rings. The number of hydrogen-bond acceptors (Lipinski definition) is 6. The van der Waals surface area contributed by atoms with E-state index in [4.69, 9.17) is 14.2 Å². The van der Waals surface area contributed by atoms with E-state index in [1.165, 1.54) is 212 Å². The Morgan fingerprint density at radius 3 is 0.831 bits per heavy atom. The van der Waals surface area contributed by atoms with E-state index in [2.05, 4.69) is 45.1 Å². The van der Waals surface area contributed by atoms with Gasteiger partial charge in [0, 0.05) is 19.3 Å². The van der Waals surface area contributed by atoms with Crippen molar-refractivity contribution in [1.29, 1.82) is 0 Å². The molecule has 65 heavy (non-hydrogen) atoms. The molecule has 0 radical (unpaired) electrons. The second kappa shape index (κ2) is 54.5. The lowest BCUT2D eigenvalue weighted by Gasteiger charge is -2.18. The number of esters is 3. The van der Waals surface area contributed by atoms with Crippen LogP contribution in [-0.4, -0.2) is 37.2 Å². The number of rotatable bonds is 53. The molecule has 0 saturated carbocycles. The van der Waals surface area contributed by atoms with Gasteiger partial charge in [-0.15, -0.1) is 0 Å². The first-order valence-electron chi connectivity index (χ1n) is 28.8. The van der Waals surface area contributed by atoms with Gasteiger partial charge in [-0.25, -0.2) is 0 Å². The number of ether oxygens (including phenoxy) is 3. The lowest BCUT2D eigenvalue weighted by Crippen LogP contribution is -2.30. The largest absolute Gasteiger partial charge is 0.462 e. The van der Waals surface area contributed by atoms with Crippen molar-refractivity contribution in [2.75, 3.05) is 13.2 Å². The fourth-order valence-corrected chi connectivity index (χ4v) is 8.54. The van der Waals surface area contributed by atoms with Gasteiger partial charge in [0.15, 0.2) is 6.10 Å². The number of hydrogen-bond donors (Lipinski definition) is 0. The van der Waals surface area contributed by atoms with Gasteiger partial charge in [-0.05, 0) is 64.2 Å². The molecule has 0 spiro atoms. The molecule has 0 unspecified atom stereocenters. The normalized spacial score (nSPS) is 12.1. The quantitative estimate of drug-likeness (QED) is 0.0262. The molecule has 0 rings (SSSR count). The maximum atomic E-state index is 12.8. The molecule has 0 aromatic heterocycles. The lowest BCUT2D eigenvalue weighted by atomic mass is 10.0. The summed E-state index contributed by atoms with van der Waals surface area (Å²) in [5, 5.41) is 0. The molecule has 0 aliphatic carbocycles. The zero-order valence-electron chi connectivity index (χ0n) is 43.8. The molecule has 0 amide bonds. The van der Waals surface area contributed by atoms with Crippen molar-refractivity contribution in [2.24, 2.45) is 0 Å². The average molecular weight is 916 g/mol. The van der Waals surface area contributed by atoms with Crippen molar-refractivity contribution < 1.29 is 28.6 Å². The van der Waals surface area contributed by atoms with E-state index in [-0.39, 0.29) is 31.1 Å². The van der Waals surface area contributed by atoms with Crippen LogP contribution in [0.4, 0.5) is 0 Å². The highest BCUT2D eigenvalue weighted by atomic mass is 16.6. The van der Waals surface area contributed by atoms with Crippen molar-refractivity contribution in [1.82, 2.24) is 0 Å². The van der Waals surface area contributed by atoms with Crippen LogP contribution in [0.5, 0.6) is 0 Å². The van der Waals surface area contributed by atoms with Gasteiger partial charge in [-0.2, -0.15) is 0 Å². The molecule has 1 atom stereocenters. The van der Waals surface area contributed by atoms with Crippen LogP contribution in [0.2, 0.25) is 0 Å². The molecule has 0 aromatic carbocycles. The standard InChI is InChI=1S/C59H110O6/c1-4-7-10-13-16-19-22-24-26-27-28-29-30-31-33-35-38-40-43-46-49-52-58(61)64-55-56(65-59(62)53-50-47-44-41-36-21-18-15-12-9-6-3)54-63-57(60)51-48-45-42-39-37-34-32-25-23-20-17-14-11-8-5-2/h15,18,20,23,56H,4-14,16-17,19,21-22,24-55H2,1-3H3/b18-15-,23-20-/t56-/m1/s1. The van der Waals surface area contributed by atoms with Crippen molar-refractivity contribution >= 4 is 17.9 Å². The SMILES string of the molecule is CCCC/C=C\CCCCCCCC(=O)O[C@H](COC(=O)CCCCCCCCC/C=C\CCCCCC)COC(=O)CCCCCCCCCCCCCCCCCCCCCCC. The van der Waals surface area contributed by atoms with Gasteiger partial charge in [-0.1, -0.05) is 257 Å². The summed E-state index contributed by atoms with van der Waals surface area (Å²) < 4.78 is 16.8. The molecule has 6 nitrogen and oxygen atoms in total. The minimum absolute atomic E-state index is 0.0718. The molecule has 0 saturated heterocycles. The molecule has 0 N–H and O–H groups in total. The second-order valence-electron chi connectivity index (χ2n) is 19.6. The van der Waals surface area contributed by atoms with Crippen LogP contribution in [0.15, 0.2) is 24.3 Å². The number of carbonyl (C=O) groups excluding carboxylic acids is 3. The van der Waals surface area contributed by atoms with Crippen LogP contribution in [-0.2, 0) is 28.6 Å². The first-order chi connectivity index (χ1) is 32.0. The Labute approximate surface area is 404 Å². The van der Waals surface area contributed by atoms with E-state index < -0.39 is 6.10 Å². The maximum Gasteiger partial charge on any atom is 0.306 e. The summed E-state index contributed by atoms with van der Waals surface area (Å²) in [6.45, 7) is 6.62. The van der Waals surface area contributed by atoms with Gasteiger partial charge in [-0.3, -0.25) is 14.4 Å². The monoisotopic (exact) mass is 915 g/mol. The van der Waals surface area contributed by atoms with Gasteiger partial charge >= 0.3 is 17.9 Å². The molecule has 0 aliphatic heterocycles. The molecular formula is C59H110O6. The van der Waals surface area contributed by atoms with Crippen LogP contribution >= 0.6 is 0 Å². The molecule has 0 aromatic rings. The summed E-state index contributed by atoms with van der Waals surface area (Å²) in [4.78, 5) is 38.1. The highest BCUT2D eigenvalue weighted by Gasteiger charge is 2.19. The minimum Gasteiger partial charge on any atom is -0.462 e. The van der Waals surface area contributed by atoms with Gasteiger partial charge in [0.25, 0.3) is 0 Å². The Balaban J connectivity index is 4.23. The topological polar surface area (TPSA) is 78.9 Å². The second-order valence-corrected chi connectivity index (χ2v) is 19.6. The first-order valence-corrected chi connectivity index (χ1v) is 28.8. The van der Waals surface area contributed by atoms with Crippen LogP contribution in [0, 0.1) is 0 Å². The van der Waals surface area contributed by atoms with E-state index in [0.717, 1.165) is 64.2 Å². The maximum absolute atomic E-state index is 12.8. The van der Waals surface area contributed by atoms with Crippen LogP contribution < -0.4 is 0 Å². The van der Waals surface area contributed by atoms with Crippen LogP contribution in [0.25, 0.3) is 0 Å².